The summed E-state index contributed by atoms with van der Waals surface area (Å²) in [6, 6.07) is 18.9. The zero-order valence-corrected chi connectivity index (χ0v) is 37.3. The number of methoxy groups -OCH3 is 1. The largest absolute Gasteiger partial charge is 0.493 e. The van der Waals surface area contributed by atoms with E-state index in [-0.39, 0.29) is 19.6 Å². The Hall–Kier alpha value is -7.30. The van der Waals surface area contributed by atoms with Crippen LogP contribution in [0.5, 0.6) is 11.5 Å². The first-order valence-corrected chi connectivity index (χ1v) is 20.6. The standard InChI is InChI=1S/C47H52N2O17/c1-8-9-22-59-37-18-12-34(13-19-37)26-61-47(46(57)58-7)24-39(63-30(4)52)43(49-42(56)27-60-28(2)50)45(66-47)44(65-32(6)54)40(64-31(5)53)25-48-41(55)23-33-10-14-35(15-11-33)36-16-20-38(21-17-36)62-29(3)51/h1,10-21,39-40,43-45H,9,22-27H2,2-7H3,(H,48,55)(H,49,56)/t39-,40+,43+,44+,45+,47+/m0/s1. The molecule has 352 valence electrons. The van der Waals surface area contributed by atoms with E-state index in [9.17, 15) is 38.4 Å². The van der Waals surface area contributed by atoms with Crippen LogP contribution in [0.25, 0.3) is 11.1 Å². The van der Waals surface area contributed by atoms with E-state index in [2.05, 4.69) is 16.6 Å². The molecule has 2 N–H and O–H groups in total. The SMILES string of the molecule is C#CCCOc1ccc(CO[C@]2(C(=O)OC)C[C@H](OC(C)=O)[C@@H](NC(=O)COC(C)=O)[C@H]([C@H](OC(C)=O)[C@@H](CNC(=O)Cc3ccc(-c4ccc(OC(C)=O)cc4)cc3)OC(C)=O)O2)cc1. The molecular weight excluding hydrogens is 865 g/mol. The lowest BCUT2D eigenvalue weighted by Crippen LogP contribution is -2.69. The Morgan fingerprint density at radius 3 is 1.92 bits per heavy atom. The van der Waals surface area contributed by atoms with Gasteiger partial charge in [0, 0.05) is 41.0 Å². The highest BCUT2D eigenvalue weighted by molar-refractivity contribution is 5.81. The molecular formula is C47H52N2O17. The maximum absolute atomic E-state index is 13.9. The van der Waals surface area contributed by atoms with Crippen molar-refractivity contribution in [2.24, 2.45) is 0 Å². The number of carbonyl (C=O) groups excluding carboxylic acids is 8. The molecule has 2 amide bonds. The molecule has 0 spiro atoms. The average Bonchev–Trinajstić information content (AvgIpc) is 3.26. The monoisotopic (exact) mass is 916 g/mol. The number of benzene rings is 3. The van der Waals surface area contributed by atoms with E-state index in [0.29, 0.717) is 29.0 Å². The van der Waals surface area contributed by atoms with Gasteiger partial charge in [0.25, 0.3) is 11.7 Å². The molecule has 0 saturated carbocycles. The van der Waals surface area contributed by atoms with Crippen LogP contribution >= 0.6 is 0 Å². The predicted molar refractivity (Wildman–Crippen MR) is 230 cm³/mol. The number of rotatable bonds is 21. The highest BCUT2D eigenvalue weighted by Crippen LogP contribution is 2.38. The van der Waals surface area contributed by atoms with E-state index in [0.717, 1.165) is 45.9 Å². The summed E-state index contributed by atoms with van der Waals surface area (Å²) in [5.74, 6) is -5.69. The fraction of sp³-hybridized carbons (Fsp3) is 0.404. The normalized spacial score (nSPS) is 18.4. The maximum Gasteiger partial charge on any atom is 0.366 e. The first kappa shape index (κ1) is 51.3. The summed E-state index contributed by atoms with van der Waals surface area (Å²) in [7, 11) is 1.04. The highest BCUT2D eigenvalue weighted by atomic mass is 16.7. The zero-order chi connectivity index (χ0) is 48.4. The van der Waals surface area contributed by atoms with Gasteiger partial charge in [-0.05, 0) is 46.5 Å². The smallest absolute Gasteiger partial charge is 0.366 e. The van der Waals surface area contributed by atoms with Crippen LogP contribution in [-0.4, -0.2) is 111 Å². The Labute approximate surface area is 381 Å². The summed E-state index contributed by atoms with van der Waals surface area (Å²) < 4.78 is 50.4. The Bertz CT molecular complexity index is 2240. The molecule has 66 heavy (non-hydrogen) atoms. The number of amides is 2. The molecule has 3 aromatic carbocycles. The quantitative estimate of drug-likeness (QED) is 0.0513. The van der Waals surface area contributed by atoms with Crippen molar-refractivity contribution < 1.29 is 81.0 Å². The molecule has 1 heterocycles. The molecule has 1 aliphatic rings. The molecule has 19 heteroatoms. The number of hydrogen-bond donors (Lipinski definition) is 2. The Kier molecular flexibility index (Phi) is 19.2. The average molecular weight is 917 g/mol. The highest BCUT2D eigenvalue weighted by Gasteiger charge is 2.59. The van der Waals surface area contributed by atoms with E-state index < -0.39 is 103 Å². The van der Waals surface area contributed by atoms with Crippen LogP contribution in [0.4, 0.5) is 0 Å². The van der Waals surface area contributed by atoms with Crippen LogP contribution < -0.4 is 20.1 Å². The van der Waals surface area contributed by atoms with Gasteiger partial charge in [0.05, 0.1) is 45.8 Å². The second kappa shape index (κ2) is 24.7. The first-order valence-electron chi connectivity index (χ1n) is 20.6. The number of hydrogen-bond acceptors (Lipinski definition) is 17. The third-order valence-electron chi connectivity index (χ3n) is 9.59. The molecule has 0 bridgehead atoms. The molecule has 6 atom stereocenters. The first-order chi connectivity index (χ1) is 31.4. The van der Waals surface area contributed by atoms with Gasteiger partial charge in [-0.3, -0.25) is 33.6 Å². The summed E-state index contributed by atoms with van der Waals surface area (Å²) in [5.41, 5.74) is 2.73. The summed E-state index contributed by atoms with van der Waals surface area (Å²) in [4.78, 5) is 102. The van der Waals surface area contributed by atoms with Gasteiger partial charge >= 0.3 is 35.8 Å². The lowest BCUT2D eigenvalue weighted by molar-refractivity contribution is -0.317. The summed E-state index contributed by atoms with van der Waals surface area (Å²) in [6.07, 6.45) is -1.78. The number of terminal acetylenes is 1. The molecule has 1 fully saturated rings. The van der Waals surface area contributed by atoms with Gasteiger partial charge in [0.2, 0.25) is 5.91 Å². The minimum atomic E-state index is -2.46. The van der Waals surface area contributed by atoms with Gasteiger partial charge in [0.1, 0.15) is 23.7 Å². The molecule has 1 saturated heterocycles. The molecule has 19 nitrogen and oxygen atoms in total. The van der Waals surface area contributed by atoms with Gasteiger partial charge < -0.3 is 53.3 Å². The molecule has 4 rings (SSSR count). The van der Waals surface area contributed by atoms with E-state index in [1.54, 1.807) is 72.8 Å². The third-order valence-corrected chi connectivity index (χ3v) is 9.59. The third kappa shape index (κ3) is 15.7. The van der Waals surface area contributed by atoms with Gasteiger partial charge in [-0.25, -0.2) is 4.79 Å². The molecule has 0 radical (unpaired) electrons. The molecule has 0 unspecified atom stereocenters. The summed E-state index contributed by atoms with van der Waals surface area (Å²) >= 11 is 0. The van der Waals surface area contributed by atoms with Crippen molar-refractivity contribution >= 4 is 47.6 Å². The number of esters is 6. The van der Waals surface area contributed by atoms with Crippen molar-refractivity contribution in [2.45, 2.75) is 96.7 Å². The van der Waals surface area contributed by atoms with Crippen LogP contribution in [-0.2, 0) is 84.5 Å². The zero-order valence-electron chi connectivity index (χ0n) is 37.3. The molecule has 3 aromatic rings. The van der Waals surface area contributed by atoms with E-state index in [1.165, 1.54) is 6.92 Å². The Balaban J connectivity index is 1.68. The molecule has 0 aliphatic carbocycles. The van der Waals surface area contributed by atoms with Crippen molar-refractivity contribution in [3.63, 3.8) is 0 Å². The van der Waals surface area contributed by atoms with Crippen LogP contribution in [0.2, 0.25) is 0 Å². The fourth-order valence-corrected chi connectivity index (χ4v) is 6.81. The van der Waals surface area contributed by atoms with Crippen molar-refractivity contribution in [1.29, 1.82) is 0 Å². The Morgan fingerprint density at radius 1 is 0.758 bits per heavy atom. The van der Waals surface area contributed by atoms with E-state index in [1.807, 2.05) is 0 Å². The van der Waals surface area contributed by atoms with Crippen molar-refractivity contribution in [1.82, 2.24) is 10.6 Å². The lowest BCUT2D eigenvalue weighted by atomic mass is 9.87. The second-order valence-electron chi connectivity index (χ2n) is 14.8. The van der Waals surface area contributed by atoms with Crippen LogP contribution in [0.15, 0.2) is 72.8 Å². The van der Waals surface area contributed by atoms with Crippen molar-refractivity contribution in [3.8, 4) is 35.0 Å². The lowest BCUT2D eigenvalue weighted by Gasteiger charge is -2.48. The van der Waals surface area contributed by atoms with Crippen LogP contribution in [0, 0.1) is 12.3 Å². The predicted octanol–water partition coefficient (Wildman–Crippen LogP) is 3.06. The van der Waals surface area contributed by atoms with Gasteiger partial charge in [-0.15, -0.1) is 12.3 Å². The number of carbonyl (C=O) groups is 8. The van der Waals surface area contributed by atoms with Crippen LogP contribution in [0.1, 0.15) is 58.6 Å². The molecule has 0 aromatic heterocycles. The van der Waals surface area contributed by atoms with Crippen LogP contribution in [0.3, 0.4) is 0 Å². The Morgan fingerprint density at radius 2 is 1.36 bits per heavy atom. The summed E-state index contributed by atoms with van der Waals surface area (Å²) in [6.45, 7) is 4.14. The van der Waals surface area contributed by atoms with Gasteiger partial charge in [-0.2, -0.15) is 0 Å². The van der Waals surface area contributed by atoms with Crippen molar-refractivity contribution in [2.75, 3.05) is 26.9 Å². The summed E-state index contributed by atoms with van der Waals surface area (Å²) in [5, 5.41) is 5.24. The topological polar surface area (TPSA) is 244 Å². The van der Waals surface area contributed by atoms with Gasteiger partial charge in [0.15, 0.2) is 18.8 Å². The second-order valence-corrected chi connectivity index (χ2v) is 14.8. The fourth-order valence-electron chi connectivity index (χ4n) is 6.81. The number of nitrogens with one attached hydrogen (secondary N) is 2. The van der Waals surface area contributed by atoms with Crippen molar-refractivity contribution in [3.05, 3.63) is 83.9 Å². The number of ether oxygens (including phenoxy) is 9. The minimum absolute atomic E-state index is 0.155. The van der Waals surface area contributed by atoms with E-state index in [4.69, 9.17) is 49.1 Å². The van der Waals surface area contributed by atoms with Gasteiger partial charge in [-0.1, -0.05) is 48.5 Å². The van der Waals surface area contributed by atoms with E-state index >= 15 is 0 Å². The molecule has 1 aliphatic heterocycles. The minimum Gasteiger partial charge on any atom is -0.493 e. The maximum atomic E-state index is 13.9.